The quantitative estimate of drug-likeness (QED) is 0.537. The largest absolute Gasteiger partial charge is 0.348 e. The monoisotopic (exact) mass is 425 g/mol. The number of nitrogens with two attached hydrogens (primary N) is 1. The Hall–Kier alpha value is -3.23. The smallest absolute Gasteiger partial charge is 0.239 e. The number of carbonyl (C=O) groups is 2. The summed E-state index contributed by atoms with van der Waals surface area (Å²) in [6, 6.07) is 19.2. The van der Waals surface area contributed by atoms with E-state index in [0.29, 0.717) is 0 Å². The third kappa shape index (κ3) is 5.43. The van der Waals surface area contributed by atoms with Crippen molar-refractivity contribution in [3.05, 3.63) is 77.9 Å². The number of primary sulfonamides is 1. The van der Waals surface area contributed by atoms with E-state index in [4.69, 9.17) is 5.14 Å². The summed E-state index contributed by atoms with van der Waals surface area (Å²) < 4.78 is 22.6. The molecule has 4 N–H and O–H groups in total. The highest BCUT2D eigenvalue weighted by atomic mass is 32.2. The minimum atomic E-state index is -3.76. The Morgan fingerprint density at radius 1 is 0.933 bits per heavy atom. The summed E-state index contributed by atoms with van der Waals surface area (Å²) in [5.41, 5.74) is 1.62. The molecule has 3 aromatic carbocycles. The van der Waals surface area contributed by atoms with E-state index in [1.165, 1.54) is 12.1 Å². The van der Waals surface area contributed by atoms with Crippen molar-refractivity contribution in [3.8, 4) is 0 Å². The molecule has 0 saturated carbocycles. The number of sulfonamides is 1. The van der Waals surface area contributed by atoms with Gasteiger partial charge in [0.1, 0.15) is 0 Å². The van der Waals surface area contributed by atoms with Crippen LogP contribution in [0.5, 0.6) is 0 Å². The molecule has 156 valence electrons. The topological polar surface area (TPSA) is 118 Å². The third-order valence-electron chi connectivity index (χ3n) is 4.76. The summed E-state index contributed by atoms with van der Waals surface area (Å²) in [6.07, 6.45) is 0.180. The van der Waals surface area contributed by atoms with E-state index in [-0.39, 0.29) is 35.7 Å². The first-order valence-corrected chi connectivity index (χ1v) is 10.9. The van der Waals surface area contributed by atoms with Crippen LogP contribution in [0.3, 0.4) is 0 Å². The van der Waals surface area contributed by atoms with Gasteiger partial charge in [0, 0.05) is 0 Å². The van der Waals surface area contributed by atoms with Crippen molar-refractivity contribution >= 4 is 32.6 Å². The van der Waals surface area contributed by atoms with Crippen molar-refractivity contribution in [1.82, 2.24) is 10.6 Å². The molecule has 0 aromatic heterocycles. The predicted molar refractivity (Wildman–Crippen MR) is 115 cm³/mol. The van der Waals surface area contributed by atoms with Crippen molar-refractivity contribution in [2.45, 2.75) is 24.3 Å². The van der Waals surface area contributed by atoms with Crippen LogP contribution in [0.25, 0.3) is 10.8 Å². The minimum Gasteiger partial charge on any atom is -0.348 e. The molecule has 1 atom stereocenters. The van der Waals surface area contributed by atoms with Gasteiger partial charge in [-0.05, 0) is 41.0 Å². The van der Waals surface area contributed by atoms with E-state index in [1.54, 1.807) is 19.1 Å². The number of fused-ring (bicyclic) bond motifs is 1. The van der Waals surface area contributed by atoms with Gasteiger partial charge in [0.25, 0.3) is 0 Å². The predicted octanol–water partition coefficient (Wildman–Crippen LogP) is 2.02. The lowest BCUT2D eigenvalue weighted by Gasteiger charge is -2.15. The van der Waals surface area contributed by atoms with Crippen LogP contribution in [0.2, 0.25) is 0 Å². The van der Waals surface area contributed by atoms with Gasteiger partial charge in [0.15, 0.2) is 0 Å². The van der Waals surface area contributed by atoms with Crippen LogP contribution in [0, 0.1) is 0 Å². The molecule has 7 nitrogen and oxygen atoms in total. The van der Waals surface area contributed by atoms with E-state index >= 15 is 0 Å². The third-order valence-corrected chi connectivity index (χ3v) is 5.69. The Balaban J connectivity index is 1.53. The Kier molecular flexibility index (Phi) is 6.49. The highest BCUT2D eigenvalue weighted by molar-refractivity contribution is 7.89. The van der Waals surface area contributed by atoms with E-state index in [0.717, 1.165) is 21.9 Å². The number of nitrogens with one attached hydrogen (secondary N) is 2. The maximum absolute atomic E-state index is 12.3. The van der Waals surface area contributed by atoms with Gasteiger partial charge in [-0.15, -0.1) is 0 Å². The summed E-state index contributed by atoms with van der Waals surface area (Å²) in [4.78, 5) is 24.5. The van der Waals surface area contributed by atoms with Gasteiger partial charge in [0.05, 0.1) is 23.9 Å². The van der Waals surface area contributed by atoms with Gasteiger partial charge in [-0.3, -0.25) is 9.59 Å². The number of rotatable bonds is 7. The van der Waals surface area contributed by atoms with E-state index in [2.05, 4.69) is 10.6 Å². The van der Waals surface area contributed by atoms with Gasteiger partial charge < -0.3 is 10.6 Å². The second-order valence-corrected chi connectivity index (χ2v) is 8.56. The molecule has 0 unspecified atom stereocenters. The molecule has 30 heavy (non-hydrogen) atoms. The van der Waals surface area contributed by atoms with Gasteiger partial charge >= 0.3 is 0 Å². The summed E-state index contributed by atoms with van der Waals surface area (Å²) in [6.45, 7) is 1.62. The Morgan fingerprint density at radius 3 is 2.30 bits per heavy atom. The van der Waals surface area contributed by atoms with Crippen molar-refractivity contribution in [3.63, 3.8) is 0 Å². The molecule has 3 rings (SSSR count). The van der Waals surface area contributed by atoms with Crippen LogP contribution in [0.4, 0.5) is 0 Å². The number of amides is 2. The maximum Gasteiger partial charge on any atom is 0.239 e. The fourth-order valence-corrected chi connectivity index (χ4v) is 3.70. The maximum atomic E-state index is 12.3. The average Bonchev–Trinajstić information content (AvgIpc) is 2.72. The number of benzene rings is 3. The fourth-order valence-electron chi connectivity index (χ4n) is 3.18. The Labute approximate surface area is 175 Å². The molecule has 0 bridgehead atoms. The average molecular weight is 426 g/mol. The van der Waals surface area contributed by atoms with Crippen LogP contribution < -0.4 is 15.8 Å². The van der Waals surface area contributed by atoms with Gasteiger partial charge in [-0.1, -0.05) is 54.6 Å². The molecule has 0 fully saturated rings. The summed E-state index contributed by atoms with van der Waals surface area (Å²) in [5.74, 6) is -0.587. The molecule has 0 saturated heterocycles. The second-order valence-electron chi connectivity index (χ2n) is 7.00. The molecule has 0 aliphatic carbocycles. The minimum absolute atomic E-state index is 0.00507. The van der Waals surface area contributed by atoms with Gasteiger partial charge in [-0.25, -0.2) is 13.6 Å². The molecule has 0 aliphatic heterocycles. The Bertz CT molecular complexity index is 1170. The normalized spacial score (nSPS) is 12.3. The first-order chi connectivity index (χ1) is 14.2. The molecule has 0 heterocycles. The molecule has 3 aromatic rings. The Morgan fingerprint density at radius 2 is 1.60 bits per heavy atom. The highest BCUT2D eigenvalue weighted by Crippen LogP contribution is 2.19. The van der Waals surface area contributed by atoms with Crippen LogP contribution in [0.15, 0.2) is 71.6 Å². The van der Waals surface area contributed by atoms with Gasteiger partial charge in [-0.2, -0.15) is 0 Å². The number of hydrogen-bond donors (Lipinski definition) is 3. The highest BCUT2D eigenvalue weighted by Gasteiger charge is 2.13. The molecule has 8 heteroatoms. The first-order valence-electron chi connectivity index (χ1n) is 9.39. The molecular weight excluding hydrogens is 402 g/mol. The zero-order chi connectivity index (χ0) is 21.7. The van der Waals surface area contributed by atoms with Crippen molar-refractivity contribution < 1.29 is 18.0 Å². The standard InChI is InChI=1S/C22H23N3O4S/c1-15(16-9-11-19(12-10-16)30(23,28)29)25-22(27)14-24-21(26)13-18-7-4-6-17-5-2-3-8-20(17)18/h2-12,15H,13-14H2,1H3,(H,24,26)(H,25,27)(H2,23,28,29)/t15-/m0/s1. The van der Waals surface area contributed by atoms with Gasteiger partial charge in [0.2, 0.25) is 21.8 Å². The molecule has 2 amide bonds. The molecule has 0 spiro atoms. The van der Waals surface area contributed by atoms with Crippen molar-refractivity contribution in [2.24, 2.45) is 5.14 Å². The number of hydrogen-bond acceptors (Lipinski definition) is 4. The lowest BCUT2D eigenvalue weighted by atomic mass is 10.0. The van der Waals surface area contributed by atoms with E-state index in [1.807, 2.05) is 42.5 Å². The zero-order valence-electron chi connectivity index (χ0n) is 16.5. The summed E-state index contributed by atoms with van der Waals surface area (Å²) in [5, 5.41) is 12.6. The molecule has 0 radical (unpaired) electrons. The van der Waals surface area contributed by atoms with Crippen LogP contribution in [0.1, 0.15) is 24.1 Å². The SMILES string of the molecule is C[C@H](NC(=O)CNC(=O)Cc1cccc2ccccc12)c1ccc(S(N)(=O)=O)cc1. The fraction of sp³-hybridized carbons (Fsp3) is 0.182. The van der Waals surface area contributed by atoms with Crippen LogP contribution >= 0.6 is 0 Å². The van der Waals surface area contributed by atoms with E-state index in [9.17, 15) is 18.0 Å². The summed E-state index contributed by atoms with van der Waals surface area (Å²) >= 11 is 0. The zero-order valence-corrected chi connectivity index (χ0v) is 17.3. The number of carbonyl (C=O) groups excluding carboxylic acids is 2. The summed E-state index contributed by atoms with van der Waals surface area (Å²) in [7, 11) is -3.76. The second kappa shape index (κ2) is 9.06. The molecule has 0 aliphatic rings. The van der Waals surface area contributed by atoms with Crippen LogP contribution in [-0.2, 0) is 26.0 Å². The van der Waals surface area contributed by atoms with Crippen molar-refractivity contribution in [2.75, 3.05) is 6.54 Å². The van der Waals surface area contributed by atoms with E-state index < -0.39 is 10.0 Å². The van der Waals surface area contributed by atoms with Crippen molar-refractivity contribution in [1.29, 1.82) is 0 Å². The van der Waals surface area contributed by atoms with Crippen LogP contribution in [-0.4, -0.2) is 26.8 Å². The lowest BCUT2D eigenvalue weighted by molar-refractivity contribution is -0.126. The lowest BCUT2D eigenvalue weighted by Crippen LogP contribution is -2.38. The molecular formula is C22H23N3O4S. The first kappa shape index (κ1) is 21.5.